The minimum Gasteiger partial charge on any atom is -0.376 e. The molecule has 0 saturated heterocycles. The van der Waals surface area contributed by atoms with E-state index in [1.54, 1.807) is 0 Å². The van der Waals surface area contributed by atoms with Gasteiger partial charge in [0.1, 0.15) is 0 Å². The molecular formula is C13H29NO. The van der Waals surface area contributed by atoms with Crippen molar-refractivity contribution in [3.63, 3.8) is 0 Å². The zero-order valence-corrected chi connectivity index (χ0v) is 11.2. The molecule has 2 N–H and O–H groups in total. The van der Waals surface area contributed by atoms with Gasteiger partial charge in [0.05, 0.1) is 6.10 Å². The van der Waals surface area contributed by atoms with Crippen LogP contribution in [-0.2, 0) is 4.74 Å². The third kappa shape index (κ3) is 6.91. The van der Waals surface area contributed by atoms with Gasteiger partial charge < -0.3 is 10.5 Å². The SMILES string of the molecule is CCCCCCOC(C(C)N)C(C)(C)C. The quantitative estimate of drug-likeness (QED) is 0.661. The van der Waals surface area contributed by atoms with Crippen LogP contribution in [0.1, 0.15) is 60.3 Å². The summed E-state index contributed by atoms with van der Waals surface area (Å²) in [5.41, 5.74) is 6.08. The Morgan fingerprint density at radius 2 is 1.73 bits per heavy atom. The average Bonchev–Trinajstić information content (AvgIpc) is 2.08. The molecule has 0 heterocycles. The van der Waals surface area contributed by atoms with E-state index in [0.29, 0.717) is 0 Å². The molecule has 15 heavy (non-hydrogen) atoms. The molecule has 0 spiro atoms. The van der Waals surface area contributed by atoms with Crippen LogP contribution in [0.2, 0.25) is 0 Å². The Kier molecular flexibility index (Phi) is 7.20. The van der Waals surface area contributed by atoms with Crippen molar-refractivity contribution in [1.29, 1.82) is 0 Å². The smallest absolute Gasteiger partial charge is 0.0771 e. The van der Waals surface area contributed by atoms with Crippen molar-refractivity contribution in [3.05, 3.63) is 0 Å². The second-order valence-corrected chi connectivity index (χ2v) is 5.58. The van der Waals surface area contributed by atoms with Gasteiger partial charge in [-0.05, 0) is 18.8 Å². The Balaban J connectivity index is 3.78. The molecule has 0 aliphatic rings. The maximum atomic E-state index is 5.94. The second-order valence-electron chi connectivity index (χ2n) is 5.58. The van der Waals surface area contributed by atoms with E-state index in [0.717, 1.165) is 13.0 Å². The van der Waals surface area contributed by atoms with Crippen LogP contribution in [0.25, 0.3) is 0 Å². The fourth-order valence-corrected chi connectivity index (χ4v) is 1.93. The van der Waals surface area contributed by atoms with Gasteiger partial charge in [0.25, 0.3) is 0 Å². The standard InChI is InChI=1S/C13H29NO/c1-6-7-8-9-10-15-12(11(2)14)13(3,4)5/h11-12H,6-10,14H2,1-5H3. The number of rotatable bonds is 7. The van der Waals surface area contributed by atoms with Crippen LogP contribution < -0.4 is 5.73 Å². The van der Waals surface area contributed by atoms with Crippen molar-refractivity contribution < 1.29 is 4.74 Å². The van der Waals surface area contributed by atoms with Gasteiger partial charge in [-0.15, -0.1) is 0 Å². The summed E-state index contributed by atoms with van der Waals surface area (Å²) in [5, 5.41) is 0. The maximum absolute atomic E-state index is 5.94. The normalized spacial score (nSPS) is 16.4. The minimum absolute atomic E-state index is 0.108. The molecule has 0 aliphatic carbocycles. The van der Waals surface area contributed by atoms with Crippen molar-refractivity contribution in [3.8, 4) is 0 Å². The molecule has 2 heteroatoms. The largest absolute Gasteiger partial charge is 0.376 e. The Labute approximate surface area is 95.6 Å². The summed E-state index contributed by atoms with van der Waals surface area (Å²) < 4.78 is 5.89. The van der Waals surface area contributed by atoms with Crippen LogP contribution in [0.4, 0.5) is 0 Å². The Hall–Kier alpha value is -0.0800. The van der Waals surface area contributed by atoms with Crippen molar-refractivity contribution in [1.82, 2.24) is 0 Å². The molecule has 92 valence electrons. The third-order valence-corrected chi connectivity index (χ3v) is 2.63. The fourth-order valence-electron chi connectivity index (χ4n) is 1.93. The van der Waals surface area contributed by atoms with E-state index in [-0.39, 0.29) is 17.6 Å². The van der Waals surface area contributed by atoms with Gasteiger partial charge in [0, 0.05) is 12.6 Å². The zero-order valence-electron chi connectivity index (χ0n) is 11.2. The van der Waals surface area contributed by atoms with Crippen molar-refractivity contribution in [2.75, 3.05) is 6.61 Å². The van der Waals surface area contributed by atoms with Crippen LogP contribution in [-0.4, -0.2) is 18.8 Å². The molecule has 2 atom stereocenters. The molecule has 0 aromatic heterocycles. The van der Waals surface area contributed by atoms with Gasteiger partial charge >= 0.3 is 0 Å². The summed E-state index contributed by atoms with van der Waals surface area (Å²) in [7, 11) is 0. The maximum Gasteiger partial charge on any atom is 0.0771 e. The van der Waals surface area contributed by atoms with E-state index in [2.05, 4.69) is 27.7 Å². The summed E-state index contributed by atoms with van der Waals surface area (Å²) in [4.78, 5) is 0. The summed E-state index contributed by atoms with van der Waals surface area (Å²) in [5.74, 6) is 0. The van der Waals surface area contributed by atoms with E-state index in [1.165, 1.54) is 19.3 Å². The van der Waals surface area contributed by atoms with Crippen LogP contribution in [0.15, 0.2) is 0 Å². The Bertz CT molecular complexity index is 149. The summed E-state index contributed by atoms with van der Waals surface area (Å²) in [6.45, 7) is 11.7. The Morgan fingerprint density at radius 1 is 1.13 bits per heavy atom. The summed E-state index contributed by atoms with van der Waals surface area (Å²) in [6, 6.07) is 0.108. The molecule has 0 aliphatic heterocycles. The molecule has 0 aromatic carbocycles. The lowest BCUT2D eigenvalue weighted by molar-refractivity contribution is -0.0314. The zero-order chi connectivity index (χ0) is 11.9. The van der Waals surface area contributed by atoms with Crippen molar-refractivity contribution in [2.45, 2.75) is 72.4 Å². The topological polar surface area (TPSA) is 35.2 Å². The average molecular weight is 215 g/mol. The predicted molar refractivity (Wildman–Crippen MR) is 67.0 cm³/mol. The summed E-state index contributed by atoms with van der Waals surface area (Å²) >= 11 is 0. The lowest BCUT2D eigenvalue weighted by Crippen LogP contribution is -2.43. The predicted octanol–water partition coefficient (Wildman–Crippen LogP) is 3.35. The second kappa shape index (κ2) is 7.24. The third-order valence-electron chi connectivity index (χ3n) is 2.63. The van der Waals surface area contributed by atoms with Gasteiger partial charge in [-0.25, -0.2) is 0 Å². The van der Waals surface area contributed by atoms with Gasteiger partial charge in [-0.1, -0.05) is 47.0 Å². The van der Waals surface area contributed by atoms with Gasteiger partial charge in [-0.2, -0.15) is 0 Å². The fraction of sp³-hybridized carbons (Fsp3) is 1.00. The van der Waals surface area contributed by atoms with Crippen LogP contribution in [0, 0.1) is 5.41 Å². The van der Waals surface area contributed by atoms with E-state index in [9.17, 15) is 0 Å². The summed E-state index contributed by atoms with van der Waals surface area (Å²) in [6.07, 6.45) is 5.18. The molecule has 0 amide bonds. The molecule has 2 nitrogen and oxygen atoms in total. The number of hydrogen-bond donors (Lipinski definition) is 1. The number of nitrogens with two attached hydrogens (primary N) is 1. The van der Waals surface area contributed by atoms with Gasteiger partial charge in [0.2, 0.25) is 0 Å². The monoisotopic (exact) mass is 215 g/mol. The van der Waals surface area contributed by atoms with Crippen LogP contribution >= 0.6 is 0 Å². The first-order chi connectivity index (χ1) is 6.89. The van der Waals surface area contributed by atoms with E-state index >= 15 is 0 Å². The molecule has 0 bridgehead atoms. The molecule has 0 saturated carbocycles. The molecule has 2 unspecified atom stereocenters. The lowest BCUT2D eigenvalue weighted by Gasteiger charge is -2.33. The van der Waals surface area contributed by atoms with E-state index < -0.39 is 0 Å². The molecular weight excluding hydrogens is 186 g/mol. The first kappa shape index (κ1) is 14.9. The first-order valence-corrected chi connectivity index (χ1v) is 6.26. The van der Waals surface area contributed by atoms with E-state index in [4.69, 9.17) is 10.5 Å². The van der Waals surface area contributed by atoms with Crippen LogP contribution in [0.3, 0.4) is 0 Å². The molecule has 0 aromatic rings. The number of ether oxygens (including phenoxy) is 1. The minimum atomic E-state index is 0.108. The number of hydrogen-bond acceptors (Lipinski definition) is 2. The molecule has 0 rings (SSSR count). The highest BCUT2D eigenvalue weighted by molar-refractivity contribution is 4.81. The first-order valence-electron chi connectivity index (χ1n) is 6.26. The highest BCUT2D eigenvalue weighted by atomic mass is 16.5. The van der Waals surface area contributed by atoms with Gasteiger partial charge in [0.15, 0.2) is 0 Å². The van der Waals surface area contributed by atoms with Crippen molar-refractivity contribution in [2.24, 2.45) is 11.1 Å². The molecule has 0 radical (unpaired) electrons. The molecule has 0 fully saturated rings. The highest BCUT2D eigenvalue weighted by Gasteiger charge is 2.28. The highest BCUT2D eigenvalue weighted by Crippen LogP contribution is 2.24. The van der Waals surface area contributed by atoms with Crippen molar-refractivity contribution >= 4 is 0 Å². The van der Waals surface area contributed by atoms with E-state index in [1.807, 2.05) is 6.92 Å². The van der Waals surface area contributed by atoms with Crippen LogP contribution in [0.5, 0.6) is 0 Å². The Morgan fingerprint density at radius 3 is 2.13 bits per heavy atom. The van der Waals surface area contributed by atoms with Gasteiger partial charge in [-0.3, -0.25) is 0 Å². The number of unbranched alkanes of at least 4 members (excludes halogenated alkanes) is 3. The lowest BCUT2D eigenvalue weighted by atomic mass is 9.85.